The molecule has 0 fully saturated rings. The van der Waals surface area contributed by atoms with Gasteiger partial charge in [0.2, 0.25) is 0 Å². The Balaban J connectivity index is 1.66. The van der Waals surface area contributed by atoms with E-state index < -0.39 is 30.6 Å². The maximum Gasteiger partial charge on any atom is 0.461 e. The van der Waals surface area contributed by atoms with Crippen LogP contribution in [0.1, 0.15) is 17.2 Å². The summed E-state index contributed by atoms with van der Waals surface area (Å²) >= 11 is 5.94. The number of rotatable bonds is 9. The zero-order valence-corrected chi connectivity index (χ0v) is 18.5. The molecule has 0 radical (unpaired) electrons. The number of nitrogens with one attached hydrogen (secondary N) is 1. The van der Waals surface area contributed by atoms with Crippen LogP contribution in [0.25, 0.3) is 0 Å². The van der Waals surface area contributed by atoms with Crippen LogP contribution in [0.3, 0.4) is 0 Å². The van der Waals surface area contributed by atoms with Gasteiger partial charge < -0.3 is 15.2 Å². The number of aliphatic hydroxyl groups excluding tert-OH is 1. The second kappa shape index (κ2) is 11.0. The number of hydrogen-bond donors (Lipinski definition) is 2. The first-order chi connectivity index (χ1) is 16.8. The third kappa shape index (κ3) is 7.49. The lowest BCUT2D eigenvalue weighted by Crippen LogP contribution is -2.33. The number of alkyl halides is 7. The Bertz CT molecular complexity index is 1210. The van der Waals surface area contributed by atoms with Gasteiger partial charge in [-0.1, -0.05) is 35.9 Å². The summed E-state index contributed by atoms with van der Waals surface area (Å²) in [4.78, 5) is 7.87. The SMILES string of the molecule is OC(c1cccc(Nc2cc(Cl)nc(N=NCc3ccc(OC(F)(F)C(F)F)cc3)n2)c1)C(F)(F)F. The fourth-order valence-corrected chi connectivity index (χ4v) is 2.86. The molecule has 3 rings (SSSR count). The predicted molar refractivity (Wildman–Crippen MR) is 114 cm³/mol. The van der Waals surface area contributed by atoms with E-state index >= 15 is 0 Å². The molecule has 2 N–H and O–H groups in total. The molecule has 3 aromatic rings. The molecule has 1 unspecified atom stereocenters. The number of ether oxygens (including phenoxy) is 1. The Morgan fingerprint density at radius 2 is 1.69 bits per heavy atom. The molecule has 15 heteroatoms. The molecule has 0 saturated carbocycles. The highest BCUT2D eigenvalue weighted by Crippen LogP contribution is 2.34. The summed E-state index contributed by atoms with van der Waals surface area (Å²) in [7, 11) is 0. The van der Waals surface area contributed by atoms with E-state index in [4.69, 9.17) is 11.6 Å². The fraction of sp³-hybridized carbons (Fsp3) is 0.238. The van der Waals surface area contributed by atoms with Gasteiger partial charge in [0.1, 0.15) is 16.7 Å². The van der Waals surface area contributed by atoms with Crippen LogP contribution in [0.15, 0.2) is 64.8 Å². The van der Waals surface area contributed by atoms with Crippen LogP contribution in [-0.4, -0.2) is 33.8 Å². The average molecular weight is 538 g/mol. The van der Waals surface area contributed by atoms with Gasteiger partial charge in [0.15, 0.2) is 6.10 Å². The van der Waals surface area contributed by atoms with Gasteiger partial charge in [-0.3, -0.25) is 0 Å². The summed E-state index contributed by atoms with van der Waals surface area (Å²) in [5.74, 6) is -0.598. The summed E-state index contributed by atoms with van der Waals surface area (Å²) in [6.07, 6.45) is -16.1. The molecule has 0 aliphatic carbocycles. The van der Waals surface area contributed by atoms with E-state index in [2.05, 4.69) is 30.3 Å². The second-order valence-corrected chi connectivity index (χ2v) is 7.47. The molecule has 1 aromatic heterocycles. The highest BCUT2D eigenvalue weighted by Gasteiger charge is 2.44. The largest absolute Gasteiger partial charge is 0.461 e. The molecule has 7 nitrogen and oxygen atoms in total. The van der Waals surface area contributed by atoms with Crippen LogP contribution >= 0.6 is 11.6 Å². The van der Waals surface area contributed by atoms with Crippen LogP contribution in [0.5, 0.6) is 5.75 Å². The molecule has 0 spiro atoms. The number of aromatic nitrogens is 2. The first kappa shape index (κ1) is 27.1. The van der Waals surface area contributed by atoms with Crippen LogP contribution in [-0.2, 0) is 6.54 Å². The molecule has 0 saturated heterocycles. The van der Waals surface area contributed by atoms with Gasteiger partial charge in [0.25, 0.3) is 5.95 Å². The zero-order valence-electron chi connectivity index (χ0n) is 17.7. The van der Waals surface area contributed by atoms with E-state index in [9.17, 15) is 35.8 Å². The van der Waals surface area contributed by atoms with Gasteiger partial charge in [-0.25, -0.2) is 0 Å². The smallest absolute Gasteiger partial charge is 0.428 e. The van der Waals surface area contributed by atoms with E-state index in [1.807, 2.05) is 0 Å². The van der Waals surface area contributed by atoms with Crippen molar-refractivity contribution in [3.63, 3.8) is 0 Å². The molecular weight excluding hydrogens is 523 g/mol. The molecular formula is C21H15ClF7N5O2. The molecule has 0 amide bonds. The van der Waals surface area contributed by atoms with Crippen molar-refractivity contribution in [1.29, 1.82) is 0 Å². The topological polar surface area (TPSA) is 92.0 Å². The average Bonchev–Trinajstić information content (AvgIpc) is 2.78. The number of benzene rings is 2. The number of hydrogen-bond acceptors (Lipinski definition) is 7. The monoisotopic (exact) mass is 537 g/mol. The van der Waals surface area contributed by atoms with Crippen molar-refractivity contribution in [1.82, 2.24) is 9.97 Å². The van der Waals surface area contributed by atoms with Crippen molar-refractivity contribution >= 4 is 29.1 Å². The van der Waals surface area contributed by atoms with Gasteiger partial charge in [-0.05, 0) is 35.4 Å². The van der Waals surface area contributed by atoms with Gasteiger partial charge in [-0.2, -0.15) is 45.8 Å². The summed E-state index contributed by atoms with van der Waals surface area (Å²) in [5.41, 5.74) is 0.252. The van der Waals surface area contributed by atoms with Crippen LogP contribution in [0, 0.1) is 0 Å². The van der Waals surface area contributed by atoms with Crippen LogP contribution < -0.4 is 10.1 Å². The van der Waals surface area contributed by atoms with Gasteiger partial charge >= 0.3 is 18.7 Å². The third-order valence-electron chi connectivity index (χ3n) is 4.31. The highest BCUT2D eigenvalue weighted by molar-refractivity contribution is 6.29. The number of nitrogens with zero attached hydrogens (tertiary/aromatic N) is 4. The van der Waals surface area contributed by atoms with E-state index in [-0.39, 0.29) is 34.7 Å². The minimum atomic E-state index is -4.84. The lowest BCUT2D eigenvalue weighted by atomic mass is 10.1. The minimum absolute atomic E-state index is 0.0607. The first-order valence-corrected chi connectivity index (χ1v) is 10.2. The van der Waals surface area contributed by atoms with Crippen molar-refractivity contribution in [2.45, 2.75) is 31.4 Å². The maximum absolute atomic E-state index is 12.9. The minimum Gasteiger partial charge on any atom is -0.428 e. The van der Waals surface area contributed by atoms with Gasteiger partial charge in [0, 0.05) is 11.8 Å². The highest BCUT2D eigenvalue weighted by atomic mass is 35.5. The van der Waals surface area contributed by atoms with Crippen molar-refractivity contribution < 1.29 is 40.6 Å². The summed E-state index contributed by atoms with van der Waals surface area (Å²) < 4.78 is 92.5. The van der Waals surface area contributed by atoms with Gasteiger partial charge in [0.05, 0.1) is 6.54 Å². The summed E-state index contributed by atoms with van der Waals surface area (Å²) in [6.45, 7) is -0.0679. The van der Waals surface area contributed by atoms with E-state index in [0.29, 0.717) is 5.56 Å². The van der Waals surface area contributed by atoms with Crippen LogP contribution in [0.2, 0.25) is 5.15 Å². The number of halogens is 8. The Kier molecular flexibility index (Phi) is 8.30. The summed E-state index contributed by atoms with van der Waals surface area (Å²) in [6, 6.07) is 11.0. The number of aliphatic hydroxyl groups is 1. The molecule has 1 atom stereocenters. The van der Waals surface area contributed by atoms with Gasteiger partial charge in [-0.15, -0.1) is 5.11 Å². The fourth-order valence-electron chi connectivity index (χ4n) is 2.68. The van der Waals surface area contributed by atoms with Crippen molar-refractivity contribution in [2.24, 2.45) is 10.2 Å². The molecule has 2 aromatic carbocycles. The lowest BCUT2D eigenvalue weighted by molar-refractivity contribution is -0.253. The lowest BCUT2D eigenvalue weighted by Gasteiger charge is -2.16. The number of anilines is 2. The molecule has 0 aliphatic heterocycles. The Hall–Kier alpha value is -3.52. The molecule has 0 aliphatic rings. The zero-order chi connectivity index (χ0) is 26.5. The van der Waals surface area contributed by atoms with Crippen molar-refractivity contribution in [2.75, 3.05) is 5.32 Å². The summed E-state index contributed by atoms with van der Waals surface area (Å²) in [5, 5.41) is 19.7. The Morgan fingerprint density at radius 3 is 2.33 bits per heavy atom. The molecule has 0 bridgehead atoms. The standard InChI is InChI=1S/C21H15ClF7N5O2/c22-15-9-16(31-13-3-1-2-12(8-13)17(35)20(25,26)27)33-19(32-15)34-30-10-11-4-6-14(7-5-11)36-21(28,29)18(23)24/h1-9,17-18,35H,10H2,(H,31,32,33). The second-order valence-electron chi connectivity index (χ2n) is 7.08. The Labute approximate surface area is 203 Å². The van der Waals surface area contributed by atoms with E-state index in [1.165, 1.54) is 30.3 Å². The van der Waals surface area contributed by atoms with Crippen LogP contribution in [0.4, 0.5) is 48.2 Å². The van der Waals surface area contributed by atoms with Crippen molar-refractivity contribution in [3.05, 3.63) is 70.9 Å². The quantitative estimate of drug-likeness (QED) is 0.174. The Morgan fingerprint density at radius 1 is 1.00 bits per heavy atom. The molecule has 1 heterocycles. The number of azo groups is 1. The van der Waals surface area contributed by atoms with E-state index in [1.54, 1.807) is 0 Å². The predicted octanol–water partition coefficient (Wildman–Crippen LogP) is 6.99. The first-order valence-electron chi connectivity index (χ1n) is 9.81. The molecule has 36 heavy (non-hydrogen) atoms. The third-order valence-corrected chi connectivity index (χ3v) is 4.51. The van der Waals surface area contributed by atoms with E-state index in [0.717, 1.165) is 24.3 Å². The van der Waals surface area contributed by atoms with Crippen molar-refractivity contribution in [3.8, 4) is 5.75 Å². The normalized spacial score (nSPS) is 13.3. The molecule has 192 valence electrons. The maximum atomic E-state index is 12.9.